The van der Waals surface area contributed by atoms with Gasteiger partial charge in [-0.2, -0.15) is 0 Å². The highest BCUT2D eigenvalue weighted by Crippen LogP contribution is 2.36. The van der Waals surface area contributed by atoms with Crippen molar-refractivity contribution in [2.45, 2.75) is 18.9 Å². The van der Waals surface area contributed by atoms with E-state index < -0.39 is 0 Å². The molecule has 1 aliphatic rings. The molecule has 4 rings (SSSR count). The Labute approximate surface area is 179 Å². The van der Waals surface area contributed by atoms with Gasteiger partial charge in [-0.25, -0.2) is 4.98 Å². The number of carbonyl (C=O) groups excluding carboxylic acids is 1. The predicted molar refractivity (Wildman–Crippen MR) is 116 cm³/mol. The maximum Gasteiger partial charge on any atom is 0.264 e. The number of hydrogen-bond donors (Lipinski definition) is 0. The Morgan fingerprint density at radius 1 is 1.20 bits per heavy atom. The van der Waals surface area contributed by atoms with Gasteiger partial charge in [-0.1, -0.05) is 17.4 Å². The van der Waals surface area contributed by atoms with E-state index in [2.05, 4.69) is 0 Å². The number of ether oxygens (including phenoxy) is 4. The zero-order valence-electron chi connectivity index (χ0n) is 17.2. The molecule has 30 heavy (non-hydrogen) atoms. The molecule has 158 valence electrons. The molecule has 0 aliphatic carbocycles. The molecule has 1 fully saturated rings. The average molecular weight is 429 g/mol. The molecule has 1 unspecified atom stereocenters. The lowest BCUT2D eigenvalue weighted by molar-refractivity contribution is 0.0914. The number of fused-ring (bicyclic) bond motifs is 1. The number of para-hydroxylation sites is 1. The molecular formula is C22H24N2O5S. The van der Waals surface area contributed by atoms with E-state index in [0.29, 0.717) is 35.3 Å². The second-order valence-electron chi connectivity index (χ2n) is 6.92. The first-order valence-electron chi connectivity index (χ1n) is 9.73. The molecule has 2 aromatic carbocycles. The normalized spacial score (nSPS) is 15.9. The number of anilines is 1. The Morgan fingerprint density at radius 2 is 2.07 bits per heavy atom. The van der Waals surface area contributed by atoms with Crippen LogP contribution in [0.1, 0.15) is 23.2 Å². The van der Waals surface area contributed by atoms with Crippen molar-refractivity contribution in [2.24, 2.45) is 0 Å². The minimum absolute atomic E-state index is 0.0212. The second kappa shape index (κ2) is 8.89. The van der Waals surface area contributed by atoms with Crippen LogP contribution >= 0.6 is 11.3 Å². The minimum atomic E-state index is -0.202. The summed E-state index contributed by atoms with van der Waals surface area (Å²) in [5.41, 5.74) is 1.24. The summed E-state index contributed by atoms with van der Waals surface area (Å²) in [4.78, 5) is 20.1. The van der Waals surface area contributed by atoms with Crippen LogP contribution in [0.15, 0.2) is 36.4 Å². The molecule has 3 aromatic rings. The topological polar surface area (TPSA) is 70.1 Å². The zero-order valence-corrected chi connectivity index (χ0v) is 18.0. The third-order valence-corrected chi connectivity index (χ3v) is 6.15. The van der Waals surface area contributed by atoms with Crippen LogP contribution in [0.25, 0.3) is 10.2 Å². The lowest BCUT2D eigenvalue weighted by atomic mass is 10.1. The molecule has 7 nitrogen and oxygen atoms in total. The quantitative estimate of drug-likeness (QED) is 0.563. The summed E-state index contributed by atoms with van der Waals surface area (Å²) in [6.45, 7) is 1.14. The fourth-order valence-corrected chi connectivity index (χ4v) is 4.58. The first-order chi connectivity index (χ1) is 14.6. The summed E-state index contributed by atoms with van der Waals surface area (Å²) in [6, 6.07) is 11.0. The molecule has 2 heterocycles. The Bertz CT molecular complexity index is 1050. The van der Waals surface area contributed by atoms with Gasteiger partial charge in [0.05, 0.1) is 49.8 Å². The maximum absolute atomic E-state index is 13.7. The van der Waals surface area contributed by atoms with Crippen LogP contribution in [0.3, 0.4) is 0 Å². The largest absolute Gasteiger partial charge is 0.497 e. The van der Waals surface area contributed by atoms with Crippen molar-refractivity contribution in [3.8, 4) is 17.2 Å². The van der Waals surface area contributed by atoms with E-state index in [1.807, 2.05) is 18.2 Å². The van der Waals surface area contributed by atoms with Crippen LogP contribution in [-0.4, -0.2) is 51.5 Å². The third kappa shape index (κ3) is 3.93. The highest BCUT2D eigenvalue weighted by atomic mass is 32.1. The Hall–Kier alpha value is -2.84. The monoisotopic (exact) mass is 428 g/mol. The number of thiazole rings is 1. The highest BCUT2D eigenvalue weighted by molar-refractivity contribution is 7.22. The molecule has 0 radical (unpaired) electrons. The van der Waals surface area contributed by atoms with Gasteiger partial charge >= 0.3 is 0 Å². The number of aromatic nitrogens is 1. The lowest BCUT2D eigenvalue weighted by Crippen LogP contribution is -2.37. The molecule has 1 aliphatic heterocycles. The predicted octanol–water partition coefficient (Wildman–Crippen LogP) is 4.15. The SMILES string of the molecule is COc1ccc2nc(N(CC3CCCO3)C(=O)c3cccc(OC)c3OC)sc2c1. The van der Waals surface area contributed by atoms with Crippen LogP contribution in [0.2, 0.25) is 0 Å². The number of nitrogens with zero attached hydrogens (tertiary/aromatic N) is 2. The van der Waals surface area contributed by atoms with Crippen LogP contribution in [-0.2, 0) is 4.74 Å². The van der Waals surface area contributed by atoms with Gasteiger partial charge in [0.25, 0.3) is 5.91 Å². The molecule has 0 saturated carbocycles. The highest BCUT2D eigenvalue weighted by Gasteiger charge is 2.29. The van der Waals surface area contributed by atoms with Gasteiger partial charge in [0, 0.05) is 6.61 Å². The molecule has 1 saturated heterocycles. The Kier molecular flexibility index (Phi) is 6.06. The van der Waals surface area contributed by atoms with Gasteiger partial charge in [-0.3, -0.25) is 9.69 Å². The fraction of sp³-hybridized carbons (Fsp3) is 0.364. The van der Waals surface area contributed by atoms with Gasteiger partial charge in [0.15, 0.2) is 16.6 Å². The van der Waals surface area contributed by atoms with E-state index in [4.69, 9.17) is 23.9 Å². The molecule has 1 atom stereocenters. The summed E-state index contributed by atoms with van der Waals surface area (Å²) in [5, 5.41) is 0.614. The van der Waals surface area contributed by atoms with Crippen molar-refractivity contribution in [1.82, 2.24) is 4.98 Å². The standard InChI is InChI=1S/C22H24N2O5S/c1-26-14-9-10-17-19(12-14)30-22(23-17)24(13-15-6-5-11-29-15)21(25)16-7-4-8-18(27-2)20(16)28-3/h4,7-10,12,15H,5-6,11,13H2,1-3H3. The van der Waals surface area contributed by atoms with Gasteiger partial charge in [-0.05, 0) is 43.2 Å². The lowest BCUT2D eigenvalue weighted by Gasteiger charge is -2.24. The van der Waals surface area contributed by atoms with Crippen molar-refractivity contribution >= 4 is 32.6 Å². The van der Waals surface area contributed by atoms with E-state index in [9.17, 15) is 4.79 Å². The van der Waals surface area contributed by atoms with Gasteiger partial charge in [0.1, 0.15) is 5.75 Å². The first kappa shape index (κ1) is 20.4. The van der Waals surface area contributed by atoms with Crippen molar-refractivity contribution in [1.29, 1.82) is 0 Å². The maximum atomic E-state index is 13.7. The van der Waals surface area contributed by atoms with Gasteiger partial charge in [0.2, 0.25) is 0 Å². The number of amides is 1. The number of rotatable bonds is 7. The Morgan fingerprint density at radius 3 is 2.77 bits per heavy atom. The summed E-state index contributed by atoms with van der Waals surface area (Å²) in [5.74, 6) is 1.47. The minimum Gasteiger partial charge on any atom is -0.497 e. The molecule has 0 bridgehead atoms. The molecule has 0 N–H and O–H groups in total. The Balaban J connectivity index is 1.76. The summed E-state index contributed by atoms with van der Waals surface area (Å²) < 4.78 is 22.9. The molecule has 8 heteroatoms. The average Bonchev–Trinajstić information content (AvgIpc) is 3.45. The van der Waals surface area contributed by atoms with E-state index in [-0.39, 0.29) is 12.0 Å². The fourth-order valence-electron chi connectivity index (χ4n) is 3.58. The van der Waals surface area contributed by atoms with E-state index in [1.54, 1.807) is 37.3 Å². The molecule has 0 spiro atoms. The summed E-state index contributed by atoms with van der Waals surface area (Å²) >= 11 is 1.45. The van der Waals surface area contributed by atoms with Crippen molar-refractivity contribution in [2.75, 3.05) is 39.4 Å². The summed E-state index contributed by atoms with van der Waals surface area (Å²) in [7, 11) is 4.71. The van der Waals surface area contributed by atoms with E-state index >= 15 is 0 Å². The van der Waals surface area contributed by atoms with Crippen molar-refractivity contribution in [3.05, 3.63) is 42.0 Å². The van der Waals surface area contributed by atoms with E-state index in [1.165, 1.54) is 18.4 Å². The second-order valence-corrected chi connectivity index (χ2v) is 7.93. The number of hydrogen-bond acceptors (Lipinski definition) is 7. The van der Waals surface area contributed by atoms with Crippen molar-refractivity contribution < 1.29 is 23.7 Å². The van der Waals surface area contributed by atoms with Crippen LogP contribution in [0, 0.1) is 0 Å². The van der Waals surface area contributed by atoms with Crippen molar-refractivity contribution in [3.63, 3.8) is 0 Å². The molecule has 1 amide bonds. The smallest absolute Gasteiger partial charge is 0.264 e. The van der Waals surface area contributed by atoms with E-state index in [0.717, 1.165) is 28.8 Å². The summed E-state index contributed by atoms with van der Waals surface area (Å²) in [6.07, 6.45) is 1.89. The molecule has 1 aromatic heterocycles. The van der Waals surface area contributed by atoms with Gasteiger partial charge in [-0.15, -0.1) is 0 Å². The number of carbonyl (C=O) groups is 1. The first-order valence-corrected chi connectivity index (χ1v) is 10.5. The third-order valence-electron chi connectivity index (χ3n) is 5.10. The number of benzene rings is 2. The zero-order chi connectivity index (χ0) is 21.1. The van der Waals surface area contributed by atoms with Crippen LogP contribution in [0.4, 0.5) is 5.13 Å². The molecular weight excluding hydrogens is 404 g/mol. The van der Waals surface area contributed by atoms with Gasteiger partial charge < -0.3 is 18.9 Å². The number of methoxy groups -OCH3 is 3. The van der Waals surface area contributed by atoms with Crippen LogP contribution < -0.4 is 19.1 Å². The van der Waals surface area contributed by atoms with Crippen LogP contribution in [0.5, 0.6) is 17.2 Å².